The van der Waals surface area contributed by atoms with Crippen LogP contribution in [0.3, 0.4) is 0 Å². The predicted molar refractivity (Wildman–Crippen MR) is 81.9 cm³/mol. The molecule has 120 valence electrons. The Morgan fingerprint density at radius 1 is 1.23 bits per heavy atom. The highest BCUT2D eigenvalue weighted by molar-refractivity contribution is 5.86. The van der Waals surface area contributed by atoms with E-state index in [1.54, 1.807) is 24.1 Å². The zero-order valence-electron chi connectivity index (χ0n) is 13.2. The smallest absolute Gasteiger partial charge is 0.261 e. The minimum absolute atomic E-state index is 0.0214. The monoisotopic (exact) mass is 306 g/mol. The number of para-hydroxylation sites is 2. The van der Waals surface area contributed by atoms with Crippen LogP contribution >= 0.6 is 0 Å². The summed E-state index contributed by atoms with van der Waals surface area (Å²) >= 11 is 0. The molecule has 2 rings (SSSR count). The number of hydrogen-bond donors (Lipinski definition) is 0. The van der Waals surface area contributed by atoms with E-state index < -0.39 is 0 Å². The van der Waals surface area contributed by atoms with E-state index in [0.717, 1.165) is 0 Å². The molecule has 0 aromatic heterocycles. The Kier molecular flexibility index (Phi) is 5.25. The molecule has 0 spiro atoms. The molecule has 1 aliphatic rings. The van der Waals surface area contributed by atoms with Gasteiger partial charge >= 0.3 is 0 Å². The summed E-state index contributed by atoms with van der Waals surface area (Å²) in [5.41, 5.74) is 0. The number of rotatable bonds is 5. The van der Waals surface area contributed by atoms with Crippen LogP contribution in [0.4, 0.5) is 0 Å². The third-order valence-corrected chi connectivity index (χ3v) is 3.65. The number of piperazine rings is 1. The Hall–Kier alpha value is -2.24. The Labute approximate surface area is 130 Å². The van der Waals surface area contributed by atoms with Gasteiger partial charge in [-0.1, -0.05) is 12.1 Å². The molecule has 6 heteroatoms. The highest BCUT2D eigenvalue weighted by Crippen LogP contribution is 2.25. The molecule has 0 saturated carbocycles. The Morgan fingerprint density at radius 3 is 2.50 bits per heavy atom. The number of ether oxygens (including phenoxy) is 2. The van der Waals surface area contributed by atoms with Gasteiger partial charge in [0.25, 0.3) is 5.91 Å². The van der Waals surface area contributed by atoms with Crippen molar-refractivity contribution in [2.24, 2.45) is 0 Å². The van der Waals surface area contributed by atoms with Gasteiger partial charge in [-0.05, 0) is 26.0 Å². The van der Waals surface area contributed by atoms with Crippen molar-refractivity contribution in [3.63, 3.8) is 0 Å². The lowest BCUT2D eigenvalue weighted by Gasteiger charge is -2.36. The highest BCUT2D eigenvalue weighted by Gasteiger charge is 2.28. The van der Waals surface area contributed by atoms with Gasteiger partial charge in [0.2, 0.25) is 5.91 Å². The Bertz CT molecular complexity index is 545. The molecule has 0 unspecified atom stereocenters. The van der Waals surface area contributed by atoms with Crippen molar-refractivity contribution in [3.05, 3.63) is 24.3 Å². The summed E-state index contributed by atoms with van der Waals surface area (Å²) in [4.78, 5) is 27.5. The highest BCUT2D eigenvalue weighted by atomic mass is 16.5. The van der Waals surface area contributed by atoms with Crippen LogP contribution < -0.4 is 9.47 Å². The normalized spacial score (nSPS) is 15.2. The molecule has 1 saturated heterocycles. The van der Waals surface area contributed by atoms with Gasteiger partial charge in [-0.25, -0.2) is 0 Å². The number of carbonyl (C=O) groups excluding carboxylic acids is 2. The first kappa shape index (κ1) is 16.1. The van der Waals surface area contributed by atoms with Crippen LogP contribution in [0.25, 0.3) is 0 Å². The maximum Gasteiger partial charge on any atom is 0.261 e. The second kappa shape index (κ2) is 7.15. The first-order valence-electron chi connectivity index (χ1n) is 7.36. The molecule has 2 amide bonds. The summed E-state index contributed by atoms with van der Waals surface area (Å²) in [5.74, 6) is 0.885. The van der Waals surface area contributed by atoms with Crippen LogP contribution in [-0.4, -0.2) is 61.0 Å². The topological polar surface area (TPSA) is 59.1 Å². The number of nitrogens with zero attached hydrogens (tertiary/aromatic N) is 2. The van der Waals surface area contributed by atoms with Crippen molar-refractivity contribution >= 4 is 11.8 Å². The fourth-order valence-corrected chi connectivity index (χ4v) is 2.41. The van der Waals surface area contributed by atoms with E-state index in [-0.39, 0.29) is 31.0 Å². The molecule has 6 nitrogen and oxygen atoms in total. The molecule has 0 bridgehead atoms. The quantitative estimate of drug-likeness (QED) is 0.819. The van der Waals surface area contributed by atoms with Gasteiger partial charge in [-0.2, -0.15) is 0 Å². The molecule has 1 aromatic carbocycles. The molecular formula is C16H22N2O4. The molecule has 1 fully saturated rings. The summed E-state index contributed by atoms with van der Waals surface area (Å²) in [6.07, 6.45) is 0. The van der Waals surface area contributed by atoms with E-state index in [1.807, 2.05) is 26.0 Å². The van der Waals surface area contributed by atoms with E-state index in [0.29, 0.717) is 24.6 Å². The Morgan fingerprint density at radius 2 is 1.91 bits per heavy atom. The molecular weight excluding hydrogens is 284 g/mol. The van der Waals surface area contributed by atoms with Gasteiger partial charge in [-0.15, -0.1) is 0 Å². The molecule has 1 heterocycles. The first-order valence-corrected chi connectivity index (χ1v) is 7.36. The standard InChI is InChI=1S/C16H22N2O4/c1-12(2)18-9-8-17(10-15(18)19)16(20)11-22-14-7-5-4-6-13(14)21-3/h4-7,12H,8-11H2,1-3H3. The molecule has 0 aliphatic carbocycles. The summed E-state index contributed by atoms with van der Waals surface area (Å²) in [6, 6.07) is 7.32. The maximum atomic E-state index is 12.2. The molecule has 0 atom stereocenters. The van der Waals surface area contributed by atoms with E-state index in [4.69, 9.17) is 9.47 Å². The molecule has 0 N–H and O–H groups in total. The molecule has 1 aliphatic heterocycles. The summed E-state index contributed by atoms with van der Waals surface area (Å²) < 4.78 is 10.7. The number of hydrogen-bond acceptors (Lipinski definition) is 4. The van der Waals surface area contributed by atoms with Crippen molar-refractivity contribution in [2.75, 3.05) is 33.4 Å². The van der Waals surface area contributed by atoms with Gasteiger partial charge in [0.15, 0.2) is 18.1 Å². The summed E-state index contributed by atoms with van der Waals surface area (Å²) in [6.45, 7) is 5.07. The lowest BCUT2D eigenvalue weighted by molar-refractivity contribution is -0.147. The lowest BCUT2D eigenvalue weighted by atomic mass is 10.2. The average molecular weight is 306 g/mol. The van der Waals surface area contributed by atoms with Crippen molar-refractivity contribution in [3.8, 4) is 11.5 Å². The van der Waals surface area contributed by atoms with E-state index >= 15 is 0 Å². The van der Waals surface area contributed by atoms with Crippen LogP contribution in [0.2, 0.25) is 0 Å². The molecule has 22 heavy (non-hydrogen) atoms. The molecule has 0 radical (unpaired) electrons. The van der Waals surface area contributed by atoms with Crippen molar-refractivity contribution < 1.29 is 19.1 Å². The van der Waals surface area contributed by atoms with Crippen LogP contribution in [0.15, 0.2) is 24.3 Å². The third kappa shape index (κ3) is 3.69. The van der Waals surface area contributed by atoms with Crippen LogP contribution in [0.5, 0.6) is 11.5 Å². The van der Waals surface area contributed by atoms with Gasteiger partial charge < -0.3 is 19.3 Å². The summed E-state index contributed by atoms with van der Waals surface area (Å²) in [5, 5.41) is 0. The average Bonchev–Trinajstić information content (AvgIpc) is 2.52. The second-order valence-electron chi connectivity index (χ2n) is 5.44. The lowest BCUT2D eigenvalue weighted by Crippen LogP contribution is -2.55. The predicted octanol–water partition coefficient (Wildman–Crippen LogP) is 1.15. The SMILES string of the molecule is COc1ccccc1OCC(=O)N1CCN(C(C)C)C(=O)C1. The van der Waals surface area contributed by atoms with Crippen LogP contribution in [0, 0.1) is 0 Å². The first-order chi connectivity index (χ1) is 10.5. The van der Waals surface area contributed by atoms with Gasteiger partial charge in [0, 0.05) is 19.1 Å². The van der Waals surface area contributed by atoms with E-state index in [1.165, 1.54) is 4.90 Å². The van der Waals surface area contributed by atoms with E-state index in [9.17, 15) is 9.59 Å². The number of methoxy groups -OCH3 is 1. The summed E-state index contributed by atoms with van der Waals surface area (Å²) in [7, 11) is 1.55. The van der Waals surface area contributed by atoms with Crippen LogP contribution in [-0.2, 0) is 9.59 Å². The Balaban J connectivity index is 1.89. The van der Waals surface area contributed by atoms with Crippen molar-refractivity contribution in [2.45, 2.75) is 19.9 Å². The van der Waals surface area contributed by atoms with Crippen molar-refractivity contribution in [1.82, 2.24) is 9.80 Å². The van der Waals surface area contributed by atoms with E-state index in [2.05, 4.69) is 0 Å². The van der Waals surface area contributed by atoms with Gasteiger partial charge in [-0.3, -0.25) is 9.59 Å². The minimum atomic E-state index is -0.192. The number of amides is 2. The number of benzene rings is 1. The largest absolute Gasteiger partial charge is 0.493 e. The zero-order valence-corrected chi connectivity index (χ0v) is 13.2. The maximum absolute atomic E-state index is 12.2. The van der Waals surface area contributed by atoms with Gasteiger partial charge in [0.05, 0.1) is 13.7 Å². The second-order valence-corrected chi connectivity index (χ2v) is 5.44. The third-order valence-electron chi connectivity index (χ3n) is 3.65. The minimum Gasteiger partial charge on any atom is -0.493 e. The molecule has 1 aromatic rings. The zero-order chi connectivity index (χ0) is 16.1. The fourth-order valence-electron chi connectivity index (χ4n) is 2.41. The van der Waals surface area contributed by atoms with Gasteiger partial charge in [0.1, 0.15) is 0 Å². The van der Waals surface area contributed by atoms with Crippen molar-refractivity contribution in [1.29, 1.82) is 0 Å². The van der Waals surface area contributed by atoms with Crippen LogP contribution in [0.1, 0.15) is 13.8 Å². The fraction of sp³-hybridized carbons (Fsp3) is 0.500. The number of carbonyl (C=O) groups is 2.